The molecule has 3 heteroatoms. The van der Waals surface area contributed by atoms with Gasteiger partial charge >= 0.3 is 0 Å². The Morgan fingerprint density at radius 3 is 2.44 bits per heavy atom. The summed E-state index contributed by atoms with van der Waals surface area (Å²) in [6, 6.07) is 0. The number of alkyl halides is 1. The lowest BCUT2D eigenvalue weighted by Gasteiger charge is -2.40. The molecule has 2 nitrogen and oxygen atoms in total. The lowest BCUT2D eigenvalue weighted by atomic mass is 9.91. The first kappa shape index (κ1) is 14.5. The van der Waals surface area contributed by atoms with E-state index in [0.29, 0.717) is 10.9 Å². The molecular weight excluding hydrogens is 268 g/mol. The van der Waals surface area contributed by atoms with Crippen LogP contribution in [-0.4, -0.2) is 30.2 Å². The molecule has 0 aromatic rings. The van der Waals surface area contributed by atoms with Gasteiger partial charge in [0.05, 0.1) is 12.2 Å². The molecule has 0 spiro atoms. The van der Waals surface area contributed by atoms with E-state index in [0.717, 1.165) is 19.6 Å². The quantitative estimate of drug-likeness (QED) is 0.474. The summed E-state index contributed by atoms with van der Waals surface area (Å²) in [6.45, 7) is 5.97. The zero-order valence-corrected chi connectivity index (χ0v) is 12.2. The Kier molecular flexibility index (Phi) is 7.67. The first-order valence-electron chi connectivity index (χ1n) is 6.66. The molecule has 1 aliphatic rings. The fourth-order valence-corrected chi connectivity index (χ4v) is 2.90. The molecule has 3 unspecified atom stereocenters. The number of hydrogen-bond acceptors (Lipinski definition) is 2. The van der Waals surface area contributed by atoms with Crippen LogP contribution in [-0.2, 0) is 9.47 Å². The lowest BCUT2D eigenvalue weighted by molar-refractivity contribution is -0.119. The zero-order valence-electron chi connectivity index (χ0n) is 10.6. The van der Waals surface area contributed by atoms with Crippen molar-refractivity contribution in [2.24, 2.45) is 0 Å². The van der Waals surface area contributed by atoms with Crippen molar-refractivity contribution in [1.29, 1.82) is 0 Å². The smallest absolute Gasteiger partial charge is 0.0962 e. The molecule has 0 N–H and O–H groups in total. The Morgan fingerprint density at radius 1 is 1.06 bits per heavy atom. The van der Waals surface area contributed by atoms with Crippen LogP contribution in [0.3, 0.4) is 0 Å². The van der Waals surface area contributed by atoms with Crippen LogP contribution in [0, 0.1) is 0 Å². The van der Waals surface area contributed by atoms with Crippen molar-refractivity contribution >= 4 is 15.9 Å². The van der Waals surface area contributed by atoms with E-state index in [2.05, 4.69) is 22.9 Å². The van der Waals surface area contributed by atoms with Crippen LogP contribution in [0.4, 0.5) is 0 Å². The summed E-state index contributed by atoms with van der Waals surface area (Å²) in [5.74, 6) is 0. The zero-order chi connectivity index (χ0) is 11.8. The molecule has 0 aliphatic heterocycles. The summed E-state index contributed by atoms with van der Waals surface area (Å²) in [5, 5.41) is 0. The molecule has 16 heavy (non-hydrogen) atoms. The van der Waals surface area contributed by atoms with Gasteiger partial charge in [0.25, 0.3) is 0 Å². The van der Waals surface area contributed by atoms with E-state index >= 15 is 0 Å². The molecule has 3 atom stereocenters. The molecule has 0 aromatic heterocycles. The third-order valence-corrected chi connectivity index (χ3v) is 4.01. The molecule has 0 heterocycles. The van der Waals surface area contributed by atoms with Gasteiger partial charge in [-0.1, -0.05) is 48.5 Å². The van der Waals surface area contributed by atoms with Crippen molar-refractivity contribution in [1.82, 2.24) is 0 Å². The molecule has 0 saturated heterocycles. The van der Waals surface area contributed by atoms with Crippen molar-refractivity contribution < 1.29 is 9.47 Å². The summed E-state index contributed by atoms with van der Waals surface area (Å²) in [5.41, 5.74) is 0. The van der Waals surface area contributed by atoms with Gasteiger partial charge in [0.15, 0.2) is 0 Å². The van der Waals surface area contributed by atoms with Gasteiger partial charge in [-0.3, -0.25) is 0 Å². The number of ether oxygens (including phenoxy) is 2. The molecule has 96 valence electrons. The molecule has 0 aromatic carbocycles. The van der Waals surface area contributed by atoms with Gasteiger partial charge in [0.1, 0.15) is 0 Å². The maximum absolute atomic E-state index is 5.84. The van der Waals surface area contributed by atoms with Gasteiger partial charge in [0.2, 0.25) is 0 Å². The first-order valence-corrected chi connectivity index (χ1v) is 7.58. The normalized spacial score (nSPS) is 29.1. The minimum Gasteiger partial charge on any atom is -0.375 e. The van der Waals surface area contributed by atoms with Crippen LogP contribution >= 0.6 is 15.9 Å². The van der Waals surface area contributed by atoms with Crippen LogP contribution in [0.15, 0.2) is 0 Å². The van der Waals surface area contributed by atoms with Crippen molar-refractivity contribution in [3.05, 3.63) is 0 Å². The highest BCUT2D eigenvalue weighted by Gasteiger charge is 2.40. The van der Waals surface area contributed by atoms with Crippen molar-refractivity contribution in [2.75, 3.05) is 13.2 Å². The Balaban J connectivity index is 1.96. The van der Waals surface area contributed by atoms with E-state index in [4.69, 9.17) is 9.47 Å². The third kappa shape index (κ3) is 4.72. The molecule has 0 bridgehead atoms. The predicted molar refractivity (Wildman–Crippen MR) is 71.2 cm³/mol. The molecule has 1 fully saturated rings. The monoisotopic (exact) mass is 292 g/mol. The molecule has 1 rings (SSSR count). The van der Waals surface area contributed by atoms with Crippen molar-refractivity contribution in [2.45, 2.75) is 69.4 Å². The van der Waals surface area contributed by atoms with Crippen molar-refractivity contribution in [3.8, 4) is 0 Å². The molecule has 0 radical (unpaired) electrons. The predicted octanol–water partition coefficient (Wildman–Crippen LogP) is 3.91. The number of hydrogen-bond donors (Lipinski definition) is 0. The number of halogens is 1. The summed E-state index contributed by atoms with van der Waals surface area (Å²) in [6.07, 6.45) is 8.21. The second-order valence-corrected chi connectivity index (χ2v) is 5.67. The molecule has 0 amide bonds. The van der Waals surface area contributed by atoms with E-state index in [1.165, 1.54) is 32.1 Å². The topological polar surface area (TPSA) is 18.5 Å². The summed E-state index contributed by atoms with van der Waals surface area (Å²) in [7, 11) is 0. The standard InChI is InChI=1S/C13H25BrO2/c1-3-5-6-7-8-9-16-12-10-11(14)13(12)15-4-2/h11-13H,3-10H2,1-2H3. The van der Waals surface area contributed by atoms with Crippen LogP contribution < -0.4 is 0 Å². The van der Waals surface area contributed by atoms with Crippen LogP contribution in [0.1, 0.15) is 52.4 Å². The lowest BCUT2D eigenvalue weighted by Crippen LogP contribution is -2.50. The minimum absolute atomic E-state index is 0.278. The number of unbranched alkanes of at least 4 members (excludes halogenated alkanes) is 4. The van der Waals surface area contributed by atoms with Gasteiger partial charge in [-0.15, -0.1) is 0 Å². The summed E-state index contributed by atoms with van der Waals surface area (Å²) in [4.78, 5) is 0.498. The summed E-state index contributed by atoms with van der Waals surface area (Å²) >= 11 is 3.61. The van der Waals surface area contributed by atoms with Gasteiger partial charge in [-0.05, 0) is 19.8 Å². The average Bonchev–Trinajstić information content (AvgIpc) is 2.29. The fourth-order valence-electron chi connectivity index (χ4n) is 2.03. The van der Waals surface area contributed by atoms with E-state index < -0.39 is 0 Å². The highest BCUT2D eigenvalue weighted by Crippen LogP contribution is 2.33. The van der Waals surface area contributed by atoms with E-state index in [1.54, 1.807) is 0 Å². The van der Waals surface area contributed by atoms with Crippen LogP contribution in [0.25, 0.3) is 0 Å². The maximum Gasteiger partial charge on any atom is 0.0962 e. The van der Waals surface area contributed by atoms with E-state index in [9.17, 15) is 0 Å². The van der Waals surface area contributed by atoms with E-state index in [-0.39, 0.29) is 6.10 Å². The molecule has 1 aliphatic carbocycles. The van der Waals surface area contributed by atoms with Gasteiger partial charge in [-0.2, -0.15) is 0 Å². The minimum atomic E-state index is 0.278. The van der Waals surface area contributed by atoms with Gasteiger partial charge in [0, 0.05) is 18.0 Å². The largest absolute Gasteiger partial charge is 0.375 e. The second kappa shape index (κ2) is 8.48. The SMILES string of the molecule is CCCCCCCOC1CC(Br)C1OCC. The van der Waals surface area contributed by atoms with Crippen LogP contribution in [0.2, 0.25) is 0 Å². The highest BCUT2D eigenvalue weighted by atomic mass is 79.9. The third-order valence-electron chi connectivity index (χ3n) is 3.12. The van der Waals surface area contributed by atoms with Gasteiger partial charge in [-0.25, -0.2) is 0 Å². The Hall–Kier alpha value is 0.400. The average molecular weight is 293 g/mol. The van der Waals surface area contributed by atoms with Gasteiger partial charge < -0.3 is 9.47 Å². The fraction of sp³-hybridized carbons (Fsp3) is 1.00. The highest BCUT2D eigenvalue weighted by molar-refractivity contribution is 9.09. The molecule has 1 saturated carbocycles. The molecular formula is C13H25BrO2. The Bertz CT molecular complexity index is 175. The summed E-state index contributed by atoms with van der Waals surface area (Å²) < 4.78 is 11.5. The van der Waals surface area contributed by atoms with Crippen LogP contribution in [0.5, 0.6) is 0 Å². The second-order valence-electron chi connectivity index (χ2n) is 4.50. The first-order chi connectivity index (χ1) is 7.79. The number of rotatable bonds is 9. The van der Waals surface area contributed by atoms with E-state index in [1.807, 2.05) is 6.92 Å². The Morgan fingerprint density at radius 2 is 1.81 bits per heavy atom. The van der Waals surface area contributed by atoms with Crippen molar-refractivity contribution in [3.63, 3.8) is 0 Å². The Labute approximate surface area is 108 Å². The maximum atomic E-state index is 5.84.